The van der Waals surface area contributed by atoms with E-state index in [1.165, 1.54) is 18.5 Å². The summed E-state index contributed by atoms with van der Waals surface area (Å²) in [5, 5.41) is 3.02. The first-order valence-corrected chi connectivity index (χ1v) is 8.82. The molecule has 0 aliphatic carbocycles. The molecule has 1 aliphatic heterocycles. The van der Waals surface area contributed by atoms with Gasteiger partial charge in [0.05, 0.1) is 11.6 Å². The van der Waals surface area contributed by atoms with Gasteiger partial charge in [-0.15, -0.1) is 0 Å². The molecule has 0 radical (unpaired) electrons. The van der Waals surface area contributed by atoms with Gasteiger partial charge < -0.3 is 14.5 Å². The summed E-state index contributed by atoms with van der Waals surface area (Å²) < 4.78 is 24.2. The second kappa shape index (κ2) is 7.32. The van der Waals surface area contributed by atoms with Crippen molar-refractivity contribution in [2.75, 3.05) is 18.5 Å². The van der Waals surface area contributed by atoms with Crippen LogP contribution < -0.4 is 5.32 Å². The number of nitrogens with one attached hydrogen (secondary N) is 1. The summed E-state index contributed by atoms with van der Waals surface area (Å²) in [4.78, 5) is 17.2. The van der Waals surface area contributed by atoms with Gasteiger partial charge in [-0.1, -0.05) is 24.3 Å². The number of carbonyl (C=O) groups excluding carboxylic acids is 1. The third-order valence-corrected chi connectivity index (χ3v) is 5.02. The van der Waals surface area contributed by atoms with E-state index in [-0.39, 0.29) is 11.7 Å². The molecule has 5 nitrogen and oxygen atoms in total. The van der Waals surface area contributed by atoms with E-state index in [9.17, 15) is 9.18 Å². The largest absolute Gasteiger partial charge is 0.444 e. The summed E-state index contributed by atoms with van der Waals surface area (Å²) in [6.45, 7) is 0.978. The second-order valence-corrected chi connectivity index (χ2v) is 6.60. The van der Waals surface area contributed by atoms with Gasteiger partial charge in [-0.2, -0.15) is 0 Å². The van der Waals surface area contributed by atoms with Crippen LogP contribution in [0.3, 0.4) is 0 Å². The highest BCUT2D eigenvalue weighted by atomic mass is 19.1. The maximum Gasteiger partial charge on any atom is 0.235 e. The fourth-order valence-corrected chi connectivity index (χ4v) is 3.49. The van der Waals surface area contributed by atoms with Crippen molar-refractivity contribution in [3.8, 4) is 11.3 Å². The van der Waals surface area contributed by atoms with E-state index in [0.717, 1.165) is 11.1 Å². The van der Waals surface area contributed by atoms with Crippen molar-refractivity contribution in [3.63, 3.8) is 0 Å². The van der Waals surface area contributed by atoms with Gasteiger partial charge in [-0.3, -0.25) is 4.79 Å². The van der Waals surface area contributed by atoms with Gasteiger partial charge in [0.1, 0.15) is 5.82 Å². The molecule has 0 bridgehead atoms. The van der Waals surface area contributed by atoms with Crippen LogP contribution in [0.1, 0.15) is 18.4 Å². The minimum atomic E-state index is -0.742. The maximum atomic E-state index is 13.4. The molecule has 0 unspecified atom stereocenters. The normalized spacial score (nSPS) is 16.0. The highest BCUT2D eigenvalue weighted by Gasteiger charge is 2.41. The van der Waals surface area contributed by atoms with Crippen LogP contribution in [-0.4, -0.2) is 24.1 Å². The van der Waals surface area contributed by atoms with E-state index in [4.69, 9.17) is 9.15 Å². The number of nitrogens with zero attached hydrogens (tertiary/aromatic N) is 1. The fourth-order valence-electron chi connectivity index (χ4n) is 3.49. The van der Waals surface area contributed by atoms with Crippen LogP contribution in [0.5, 0.6) is 0 Å². The molecule has 3 aromatic rings. The van der Waals surface area contributed by atoms with E-state index in [1.807, 2.05) is 24.3 Å². The molecule has 0 atom stereocenters. The number of aromatic nitrogens is 1. The van der Waals surface area contributed by atoms with Crippen molar-refractivity contribution in [1.82, 2.24) is 4.98 Å². The fraction of sp³-hybridized carbons (Fsp3) is 0.238. The van der Waals surface area contributed by atoms with Crippen LogP contribution >= 0.6 is 0 Å². The lowest BCUT2D eigenvalue weighted by molar-refractivity contribution is -0.125. The van der Waals surface area contributed by atoms with Gasteiger partial charge in [0, 0.05) is 24.5 Å². The number of rotatable bonds is 4. The summed E-state index contributed by atoms with van der Waals surface area (Å²) in [5.74, 6) is 0.193. The highest BCUT2D eigenvalue weighted by Crippen LogP contribution is 2.36. The van der Waals surface area contributed by atoms with Crippen LogP contribution in [-0.2, 0) is 14.9 Å². The second-order valence-electron chi connectivity index (χ2n) is 6.60. The van der Waals surface area contributed by atoms with Crippen molar-refractivity contribution in [1.29, 1.82) is 0 Å². The molecule has 138 valence electrons. The number of anilines is 1. The quantitative estimate of drug-likeness (QED) is 0.753. The highest BCUT2D eigenvalue weighted by molar-refractivity contribution is 5.99. The molecular weight excluding hydrogens is 347 g/mol. The average Bonchev–Trinajstić information content (AvgIpc) is 3.24. The minimum Gasteiger partial charge on any atom is -0.444 e. The first kappa shape index (κ1) is 17.4. The van der Waals surface area contributed by atoms with Crippen molar-refractivity contribution in [2.45, 2.75) is 18.3 Å². The predicted octanol–water partition coefficient (Wildman–Crippen LogP) is 4.17. The number of ether oxygens (including phenoxy) is 1. The number of hydrogen-bond acceptors (Lipinski definition) is 4. The lowest BCUT2D eigenvalue weighted by Gasteiger charge is -2.36. The monoisotopic (exact) mass is 366 g/mol. The van der Waals surface area contributed by atoms with Gasteiger partial charge in [0.25, 0.3) is 0 Å². The maximum absolute atomic E-state index is 13.4. The summed E-state index contributed by atoms with van der Waals surface area (Å²) in [6, 6.07) is 13.6. The van der Waals surface area contributed by atoms with Gasteiger partial charge in [0.2, 0.25) is 5.91 Å². The van der Waals surface area contributed by atoms with Crippen molar-refractivity contribution in [3.05, 3.63) is 72.5 Å². The lowest BCUT2D eigenvalue weighted by atomic mass is 9.73. The Hall–Kier alpha value is -2.99. The first-order chi connectivity index (χ1) is 13.2. The van der Waals surface area contributed by atoms with Crippen LogP contribution in [0.15, 0.2) is 65.5 Å². The summed E-state index contributed by atoms with van der Waals surface area (Å²) in [6.07, 6.45) is 4.09. The number of hydrogen-bond donors (Lipinski definition) is 1. The van der Waals surface area contributed by atoms with Gasteiger partial charge in [-0.05, 0) is 42.7 Å². The zero-order chi connectivity index (χ0) is 18.7. The van der Waals surface area contributed by atoms with Gasteiger partial charge >= 0.3 is 0 Å². The topological polar surface area (TPSA) is 64.4 Å². The summed E-state index contributed by atoms with van der Waals surface area (Å²) in [5.41, 5.74) is 1.56. The zero-order valence-corrected chi connectivity index (χ0v) is 14.7. The Bertz CT molecular complexity index is 917. The Kier molecular flexibility index (Phi) is 4.73. The van der Waals surface area contributed by atoms with Crippen LogP contribution in [0.4, 0.5) is 10.1 Å². The standard InChI is InChI=1S/C21H19FN2O3/c22-17-6-4-16(5-7-17)21(8-10-26-11-9-21)20(25)24-18-3-1-2-15(12-18)19-13-23-14-27-19/h1-7,12-14H,8-11H2,(H,24,25). The number of halogens is 1. The zero-order valence-electron chi connectivity index (χ0n) is 14.7. The van der Waals surface area contributed by atoms with Crippen LogP contribution in [0.25, 0.3) is 11.3 Å². The molecule has 0 spiro atoms. The SMILES string of the molecule is O=C(Nc1cccc(-c2cnco2)c1)C1(c2ccc(F)cc2)CCOCC1. The van der Waals surface area contributed by atoms with E-state index >= 15 is 0 Å². The summed E-state index contributed by atoms with van der Waals surface area (Å²) >= 11 is 0. The smallest absolute Gasteiger partial charge is 0.235 e. The van der Waals surface area contributed by atoms with Crippen molar-refractivity contribution < 1.29 is 18.3 Å². The van der Waals surface area contributed by atoms with E-state index < -0.39 is 5.41 Å². The molecule has 1 aliphatic rings. The number of amides is 1. The summed E-state index contributed by atoms with van der Waals surface area (Å²) in [7, 11) is 0. The number of oxazole rings is 1. The molecule has 1 saturated heterocycles. The first-order valence-electron chi connectivity index (χ1n) is 8.82. The molecule has 6 heteroatoms. The average molecular weight is 366 g/mol. The Labute approximate surface area is 156 Å². The Balaban J connectivity index is 1.63. The van der Waals surface area contributed by atoms with Crippen LogP contribution in [0, 0.1) is 5.82 Å². The van der Waals surface area contributed by atoms with Crippen molar-refractivity contribution in [2.24, 2.45) is 0 Å². The molecule has 2 heterocycles. The minimum absolute atomic E-state index is 0.118. The Morgan fingerprint density at radius 1 is 1.11 bits per heavy atom. The molecule has 1 amide bonds. The van der Waals surface area contributed by atoms with Gasteiger partial charge in [0.15, 0.2) is 12.2 Å². The van der Waals surface area contributed by atoms with E-state index in [1.54, 1.807) is 18.3 Å². The van der Waals surface area contributed by atoms with Crippen molar-refractivity contribution >= 4 is 11.6 Å². The third kappa shape index (κ3) is 3.48. The number of benzene rings is 2. The molecule has 27 heavy (non-hydrogen) atoms. The molecular formula is C21H19FN2O3. The molecule has 2 aromatic carbocycles. The third-order valence-electron chi connectivity index (χ3n) is 5.02. The molecule has 0 saturated carbocycles. The molecule has 1 N–H and O–H groups in total. The molecule has 1 aromatic heterocycles. The van der Waals surface area contributed by atoms with E-state index in [0.29, 0.717) is 37.5 Å². The lowest BCUT2D eigenvalue weighted by Crippen LogP contribution is -2.44. The molecule has 4 rings (SSSR count). The Morgan fingerprint density at radius 3 is 2.59 bits per heavy atom. The van der Waals surface area contributed by atoms with Crippen LogP contribution in [0.2, 0.25) is 0 Å². The Morgan fingerprint density at radius 2 is 1.89 bits per heavy atom. The van der Waals surface area contributed by atoms with Gasteiger partial charge in [-0.25, -0.2) is 9.37 Å². The number of carbonyl (C=O) groups is 1. The predicted molar refractivity (Wildman–Crippen MR) is 98.7 cm³/mol. The van der Waals surface area contributed by atoms with E-state index in [2.05, 4.69) is 10.3 Å². The molecule has 1 fully saturated rings.